The van der Waals surface area contributed by atoms with Crippen LogP contribution < -0.4 is 0 Å². The molecule has 9 nitrogen and oxygen atoms in total. The summed E-state index contributed by atoms with van der Waals surface area (Å²) >= 11 is 0. The first-order chi connectivity index (χ1) is 8.98. The van der Waals surface area contributed by atoms with E-state index in [9.17, 15) is 35.5 Å². The fourth-order valence-electron chi connectivity index (χ4n) is 1.15. The number of rotatable bonds is 7. The van der Waals surface area contributed by atoms with Crippen LogP contribution >= 0.6 is 0 Å². The number of terminal acetylenes is 1. The summed E-state index contributed by atoms with van der Waals surface area (Å²) in [6.07, 6.45) is 3.70. The van der Waals surface area contributed by atoms with Gasteiger partial charge in [-0.15, -0.1) is 6.42 Å². The molecule has 0 bridgehead atoms. The lowest BCUT2D eigenvalue weighted by atomic mass is 10.3. The lowest BCUT2D eigenvalue weighted by Crippen LogP contribution is -2.31. The molecule has 114 valence electrons. The van der Waals surface area contributed by atoms with Gasteiger partial charge in [-0.1, -0.05) is 5.92 Å². The predicted molar refractivity (Wildman–Crippen MR) is 63.9 cm³/mol. The summed E-state index contributed by atoms with van der Waals surface area (Å²) in [5.74, 6) is 2.14. The van der Waals surface area contributed by atoms with Crippen LogP contribution in [-0.2, 0) is 29.8 Å². The highest BCUT2D eigenvalue weighted by atomic mass is 32.2. The molecule has 0 amide bonds. The molecule has 0 saturated carbocycles. The quantitative estimate of drug-likeness (QED) is 0.376. The number of nitrogens with zero attached hydrogens (tertiary/aromatic N) is 1. The summed E-state index contributed by atoms with van der Waals surface area (Å²) in [4.78, 5) is 23.0. The molecule has 0 rings (SSSR count). The molecular formula is C9H11NO8S2-2. The van der Waals surface area contributed by atoms with Crippen molar-refractivity contribution in [3.8, 4) is 12.3 Å². The van der Waals surface area contributed by atoms with Crippen molar-refractivity contribution in [2.24, 2.45) is 0 Å². The first-order valence-electron chi connectivity index (χ1n) is 5.11. The van der Waals surface area contributed by atoms with Gasteiger partial charge in [-0.05, 0) is 0 Å². The highest BCUT2D eigenvalue weighted by Gasteiger charge is 2.15. The molecule has 0 aromatic heterocycles. The van der Waals surface area contributed by atoms with Crippen LogP contribution in [0.25, 0.3) is 0 Å². The van der Waals surface area contributed by atoms with Gasteiger partial charge in [0.15, 0.2) is 20.2 Å². The third kappa shape index (κ3) is 7.31. The SMILES string of the molecule is C#CCN(CCC(=O)S(=O)(=O)[O-])CCC(=O)S(=O)(=O)[O-]. The van der Waals surface area contributed by atoms with Crippen molar-refractivity contribution in [1.29, 1.82) is 0 Å². The average molecular weight is 325 g/mol. The summed E-state index contributed by atoms with van der Waals surface area (Å²) in [5, 5.41) is -3.08. The van der Waals surface area contributed by atoms with Gasteiger partial charge in [-0.2, -0.15) is 0 Å². The highest BCUT2D eigenvalue weighted by Crippen LogP contribution is 2.00. The second-order valence-electron chi connectivity index (χ2n) is 3.63. The molecule has 0 unspecified atom stereocenters. The van der Waals surface area contributed by atoms with E-state index in [1.165, 1.54) is 4.90 Å². The zero-order valence-corrected chi connectivity index (χ0v) is 11.8. The molecule has 20 heavy (non-hydrogen) atoms. The second-order valence-corrected chi connectivity index (χ2v) is 6.36. The van der Waals surface area contributed by atoms with Crippen molar-refractivity contribution >= 4 is 30.5 Å². The minimum atomic E-state index is -5.05. The zero-order chi connectivity index (χ0) is 16.0. The van der Waals surface area contributed by atoms with Crippen LogP contribution in [0, 0.1) is 12.3 Å². The molecule has 0 aliphatic rings. The van der Waals surface area contributed by atoms with Gasteiger partial charge in [0.05, 0.1) is 6.54 Å². The predicted octanol–water partition coefficient (Wildman–Crippen LogP) is -2.15. The first kappa shape index (κ1) is 18.7. The number of hydrogen-bond donors (Lipinski definition) is 0. The third-order valence-corrected chi connectivity index (χ3v) is 3.66. The Labute approximate surface area is 116 Å². The molecule has 0 saturated heterocycles. The Bertz CT molecular complexity index is 565. The summed E-state index contributed by atoms with van der Waals surface area (Å²) in [6, 6.07) is 0. The van der Waals surface area contributed by atoms with E-state index in [0.717, 1.165) is 0 Å². The molecule has 0 N–H and O–H groups in total. The Hall–Kier alpha value is -1.32. The maximum atomic E-state index is 10.9. The van der Waals surface area contributed by atoms with Crippen molar-refractivity contribution in [2.45, 2.75) is 12.8 Å². The second kappa shape index (κ2) is 7.46. The van der Waals surface area contributed by atoms with E-state index in [4.69, 9.17) is 6.42 Å². The first-order valence-corrected chi connectivity index (χ1v) is 7.93. The van der Waals surface area contributed by atoms with E-state index in [0.29, 0.717) is 0 Å². The van der Waals surface area contributed by atoms with E-state index in [-0.39, 0.29) is 19.6 Å². The van der Waals surface area contributed by atoms with Crippen molar-refractivity contribution in [2.75, 3.05) is 19.6 Å². The lowest BCUT2D eigenvalue weighted by Gasteiger charge is -2.19. The topological polar surface area (TPSA) is 152 Å². The van der Waals surface area contributed by atoms with E-state index in [1.807, 2.05) is 0 Å². The summed E-state index contributed by atoms with van der Waals surface area (Å²) in [7, 11) is -10.1. The van der Waals surface area contributed by atoms with Crippen molar-refractivity contribution in [3.05, 3.63) is 0 Å². The molecule has 11 heteroatoms. The van der Waals surface area contributed by atoms with Crippen LogP contribution in [0.2, 0.25) is 0 Å². The summed E-state index contributed by atoms with van der Waals surface area (Å²) in [6.45, 7) is -0.619. The van der Waals surface area contributed by atoms with E-state index >= 15 is 0 Å². The molecule has 0 aliphatic heterocycles. The van der Waals surface area contributed by atoms with Crippen molar-refractivity contribution < 1.29 is 35.5 Å². The Balaban J connectivity index is 4.50. The van der Waals surface area contributed by atoms with E-state index in [1.54, 1.807) is 0 Å². The molecule has 0 atom stereocenters. The molecule has 0 radical (unpaired) electrons. The lowest BCUT2D eigenvalue weighted by molar-refractivity contribution is -0.112. The standard InChI is InChI=1S/C9H13NO8S2/c1-2-5-10(6-3-8(11)19(13,14)15)7-4-9(12)20(16,17)18/h1H,3-7H2,(H,13,14,15)(H,16,17,18)/p-2. The monoisotopic (exact) mass is 325 g/mol. The molecular weight excluding hydrogens is 314 g/mol. The van der Waals surface area contributed by atoms with Gasteiger partial charge >= 0.3 is 0 Å². The van der Waals surface area contributed by atoms with Gasteiger partial charge in [0, 0.05) is 25.9 Å². The van der Waals surface area contributed by atoms with E-state index in [2.05, 4.69) is 5.92 Å². The Morgan fingerprint density at radius 2 is 1.30 bits per heavy atom. The number of carbonyl (C=O) groups is 2. The summed E-state index contributed by atoms with van der Waals surface area (Å²) < 4.78 is 62.2. The molecule has 0 aromatic carbocycles. The largest absolute Gasteiger partial charge is 0.742 e. The maximum absolute atomic E-state index is 10.9. The van der Waals surface area contributed by atoms with E-state index < -0.39 is 43.3 Å². The maximum Gasteiger partial charge on any atom is 0.235 e. The van der Waals surface area contributed by atoms with Gasteiger partial charge < -0.3 is 9.11 Å². The minimum absolute atomic E-state index is 0.113. The van der Waals surface area contributed by atoms with Gasteiger partial charge in [-0.3, -0.25) is 14.5 Å². The normalized spacial score (nSPS) is 12.1. The fourth-order valence-corrected chi connectivity index (χ4v) is 1.83. The van der Waals surface area contributed by atoms with Crippen LogP contribution in [0.3, 0.4) is 0 Å². The molecule has 0 heterocycles. The minimum Gasteiger partial charge on any atom is -0.742 e. The fraction of sp³-hybridized carbons (Fsp3) is 0.556. The molecule has 0 spiro atoms. The highest BCUT2D eigenvalue weighted by molar-refractivity contribution is 8.01. The van der Waals surface area contributed by atoms with Gasteiger partial charge in [0.25, 0.3) is 0 Å². The van der Waals surface area contributed by atoms with Gasteiger partial charge in [-0.25, -0.2) is 16.8 Å². The van der Waals surface area contributed by atoms with Crippen LogP contribution in [-0.4, -0.2) is 60.7 Å². The van der Waals surface area contributed by atoms with Crippen LogP contribution in [0.15, 0.2) is 0 Å². The molecule has 0 aromatic rings. The summed E-state index contributed by atoms with van der Waals surface area (Å²) in [5.41, 5.74) is 0. The third-order valence-electron chi connectivity index (χ3n) is 2.14. The zero-order valence-electron chi connectivity index (χ0n) is 10.1. The molecule has 0 aliphatic carbocycles. The smallest absolute Gasteiger partial charge is 0.235 e. The Morgan fingerprint density at radius 1 is 0.950 bits per heavy atom. The van der Waals surface area contributed by atoms with Crippen LogP contribution in [0.4, 0.5) is 0 Å². The van der Waals surface area contributed by atoms with Crippen molar-refractivity contribution in [3.63, 3.8) is 0 Å². The van der Waals surface area contributed by atoms with Gasteiger partial charge in [0.2, 0.25) is 10.2 Å². The molecule has 0 fully saturated rings. The average Bonchev–Trinajstić information content (AvgIpc) is 2.29. The van der Waals surface area contributed by atoms with Gasteiger partial charge in [0.1, 0.15) is 0 Å². The van der Waals surface area contributed by atoms with Crippen LogP contribution in [0.1, 0.15) is 12.8 Å². The number of hydrogen-bond acceptors (Lipinski definition) is 9. The Kier molecular flexibility index (Phi) is 6.97. The number of carbonyl (C=O) groups excluding carboxylic acids is 2. The Morgan fingerprint density at radius 3 is 1.55 bits per heavy atom. The van der Waals surface area contributed by atoms with Crippen molar-refractivity contribution in [1.82, 2.24) is 4.90 Å². The van der Waals surface area contributed by atoms with Crippen LogP contribution in [0.5, 0.6) is 0 Å².